The van der Waals surface area contributed by atoms with Gasteiger partial charge in [-0.1, -0.05) is 17.7 Å². The van der Waals surface area contributed by atoms with Crippen molar-refractivity contribution >= 4 is 29.1 Å². The molecule has 0 bridgehead atoms. The van der Waals surface area contributed by atoms with Gasteiger partial charge in [0.1, 0.15) is 11.6 Å². The number of benzene rings is 2. The molecule has 0 spiro atoms. The fraction of sp³-hybridized carbons (Fsp3) is 0.0769. The van der Waals surface area contributed by atoms with E-state index in [1.54, 1.807) is 18.2 Å². The minimum atomic E-state index is -0.459. The molecule has 0 radical (unpaired) electrons. The van der Waals surface area contributed by atoms with Crippen molar-refractivity contribution in [3.05, 3.63) is 58.6 Å². The molecular formula is C13H10ClF2NS. The second-order valence-corrected chi connectivity index (χ2v) is 5.08. The molecule has 5 heteroatoms. The summed E-state index contributed by atoms with van der Waals surface area (Å²) in [4.78, 5) is 0.683. The molecule has 0 aromatic heterocycles. The summed E-state index contributed by atoms with van der Waals surface area (Å²) in [6.45, 7) is 0. The van der Waals surface area contributed by atoms with Crippen LogP contribution in [0.2, 0.25) is 5.02 Å². The number of anilines is 1. The highest BCUT2D eigenvalue weighted by Gasteiger charge is 2.08. The van der Waals surface area contributed by atoms with Gasteiger partial charge in [-0.05, 0) is 30.3 Å². The number of nitrogens with two attached hydrogens (primary N) is 1. The maximum atomic E-state index is 13.4. The third-order valence-corrected chi connectivity index (χ3v) is 4.00. The molecule has 0 aliphatic carbocycles. The summed E-state index contributed by atoms with van der Waals surface area (Å²) in [5, 5.41) is 0.511. The van der Waals surface area contributed by atoms with E-state index in [-0.39, 0.29) is 5.75 Å². The lowest BCUT2D eigenvalue weighted by atomic mass is 10.2. The van der Waals surface area contributed by atoms with Gasteiger partial charge in [-0.2, -0.15) is 0 Å². The van der Waals surface area contributed by atoms with Crippen LogP contribution < -0.4 is 5.73 Å². The molecule has 0 aliphatic heterocycles. The van der Waals surface area contributed by atoms with Gasteiger partial charge in [0.15, 0.2) is 0 Å². The summed E-state index contributed by atoms with van der Waals surface area (Å²) >= 11 is 7.28. The lowest BCUT2D eigenvalue weighted by Crippen LogP contribution is -1.92. The maximum Gasteiger partial charge on any atom is 0.127 e. The van der Waals surface area contributed by atoms with E-state index in [1.165, 1.54) is 17.8 Å². The van der Waals surface area contributed by atoms with Crippen LogP contribution in [0.4, 0.5) is 14.5 Å². The zero-order valence-corrected chi connectivity index (χ0v) is 10.9. The third-order valence-electron chi connectivity index (χ3n) is 2.38. The number of thioether (sulfide) groups is 1. The monoisotopic (exact) mass is 285 g/mol. The summed E-state index contributed by atoms with van der Waals surface area (Å²) in [5.74, 6) is -0.619. The van der Waals surface area contributed by atoms with Crippen molar-refractivity contribution in [3.8, 4) is 0 Å². The van der Waals surface area contributed by atoms with Crippen molar-refractivity contribution in [2.75, 3.05) is 5.73 Å². The Morgan fingerprint density at radius 3 is 2.67 bits per heavy atom. The minimum Gasteiger partial charge on any atom is -0.398 e. The van der Waals surface area contributed by atoms with E-state index in [4.69, 9.17) is 17.3 Å². The number of rotatable bonds is 3. The van der Waals surface area contributed by atoms with E-state index >= 15 is 0 Å². The minimum absolute atomic E-state index is 0.275. The fourth-order valence-electron chi connectivity index (χ4n) is 1.48. The smallest absolute Gasteiger partial charge is 0.127 e. The number of hydrogen-bond donors (Lipinski definition) is 1. The van der Waals surface area contributed by atoms with Gasteiger partial charge < -0.3 is 5.73 Å². The van der Waals surface area contributed by atoms with Crippen LogP contribution in [-0.4, -0.2) is 0 Å². The van der Waals surface area contributed by atoms with Gasteiger partial charge in [-0.3, -0.25) is 0 Å². The van der Waals surface area contributed by atoms with E-state index in [0.29, 0.717) is 21.2 Å². The molecule has 2 N–H and O–H groups in total. The Kier molecular flexibility index (Phi) is 4.09. The highest BCUT2D eigenvalue weighted by molar-refractivity contribution is 7.98. The Hall–Kier alpha value is -1.26. The quantitative estimate of drug-likeness (QED) is 0.664. The molecule has 0 saturated carbocycles. The SMILES string of the molecule is Nc1cccc(Cl)c1SCc1cc(F)ccc1F. The molecule has 1 nitrogen and oxygen atoms in total. The van der Waals surface area contributed by atoms with Crippen LogP contribution in [0.3, 0.4) is 0 Å². The van der Waals surface area contributed by atoms with Crippen molar-refractivity contribution in [1.29, 1.82) is 0 Å². The third kappa shape index (κ3) is 2.94. The van der Waals surface area contributed by atoms with Crippen LogP contribution in [-0.2, 0) is 5.75 Å². The molecule has 0 unspecified atom stereocenters. The van der Waals surface area contributed by atoms with E-state index in [0.717, 1.165) is 12.1 Å². The highest BCUT2D eigenvalue weighted by atomic mass is 35.5. The Balaban J connectivity index is 2.19. The lowest BCUT2D eigenvalue weighted by molar-refractivity contribution is 0.591. The van der Waals surface area contributed by atoms with Gasteiger partial charge in [0.2, 0.25) is 0 Å². The molecule has 0 saturated heterocycles. The standard InChI is InChI=1S/C13H10ClF2NS/c14-10-2-1-3-12(17)13(10)18-7-8-6-9(15)4-5-11(8)16/h1-6H,7,17H2. The molecule has 0 amide bonds. The van der Waals surface area contributed by atoms with Crippen molar-refractivity contribution in [3.63, 3.8) is 0 Å². The second-order valence-electron chi connectivity index (χ2n) is 3.68. The summed E-state index contributed by atoms with van der Waals surface area (Å²) in [5.41, 5.74) is 6.60. The van der Waals surface area contributed by atoms with E-state index in [2.05, 4.69) is 0 Å². The van der Waals surface area contributed by atoms with Crippen molar-refractivity contribution < 1.29 is 8.78 Å². The Morgan fingerprint density at radius 2 is 1.94 bits per heavy atom. The second kappa shape index (κ2) is 5.59. The zero-order valence-electron chi connectivity index (χ0n) is 9.29. The summed E-state index contributed by atoms with van der Waals surface area (Å²) in [6.07, 6.45) is 0. The van der Waals surface area contributed by atoms with Crippen molar-refractivity contribution in [1.82, 2.24) is 0 Å². The molecule has 0 atom stereocenters. The first-order valence-corrected chi connectivity index (χ1v) is 6.55. The van der Waals surface area contributed by atoms with Crippen LogP contribution >= 0.6 is 23.4 Å². The normalized spacial score (nSPS) is 10.6. The van der Waals surface area contributed by atoms with Gasteiger partial charge >= 0.3 is 0 Å². The molecule has 2 aromatic rings. The molecule has 0 fully saturated rings. The van der Waals surface area contributed by atoms with Gasteiger partial charge in [0.05, 0.1) is 5.02 Å². The summed E-state index contributed by atoms with van der Waals surface area (Å²) in [6, 6.07) is 8.55. The number of halogens is 3. The van der Waals surface area contributed by atoms with E-state index < -0.39 is 11.6 Å². The predicted molar refractivity (Wildman–Crippen MR) is 71.8 cm³/mol. The fourth-order valence-corrected chi connectivity index (χ4v) is 2.79. The average Bonchev–Trinajstić information content (AvgIpc) is 2.33. The van der Waals surface area contributed by atoms with Crippen LogP contribution in [0.15, 0.2) is 41.3 Å². The molecule has 94 valence electrons. The Labute approximate surface area is 113 Å². The number of nitrogen functional groups attached to an aromatic ring is 1. The summed E-state index contributed by atoms with van der Waals surface area (Å²) in [7, 11) is 0. The zero-order chi connectivity index (χ0) is 13.1. The first-order valence-electron chi connectivity index (χ1n) is 5.18. The van der Waals surface area contributed by atoms with Gasteiger partial charge in [0.25, 0.3) is 0 Å². The van der Waals surface area contributed by atoms with Crippen molar-refractivity contribution in [2.45, 2.75) is 10.6 Å². The van der Waals surface area contributed by atoms with Crippen molar-refractivity contribution in [2.24, 2.45) is 0 Å². The largest absolute Gasteiger partial charge is 0.398 e. The van der Waals surface area contributed by atoms with Crippen LogP contribution in [0.1, 0.15) is 5.56 Å². The Morgan fingerprint density at radius 1 is 1.17 bits per heavy atom. The molecule has 0 heterocycles. The summed E-state index contributed by atoms with van der Waals surface area (Å²) < 4.78 is 26.4. The molecule has 0 aliphatic rings. The van der Waals surface area contributed by atoms with Gasteiger partial charge in [0, 0.05) is 21.9 Å². The lowest BCUT2D eigenvalue weighted by Gasteiger charge is -2.08. The van der Waals surface area contributed by atoms with Crippen LogP contribution in [0, 0.1) is 11.6 Å². The maximum absolute atomic E-state index is 13.4. The first kappa shape index (κ1) is 13.2. The first-order chi connectivity index (χ1) is 8.58. The highest BCUT2D eigenvalue weighted by Crippen LogP contribution is 2.34. The topological polar surface area (TPSA) is 26.0 Å². The van der Waals surface area contributed by atoms with Crippen LogP contribution in [0.25, 0.3) is 0 Å². The molecule has 18 heavy (non-hydrogen) atoms. The van der Waals surface area contributed by atoms with E-state index in [9.17, 15) is 8.78 Å². The van der Waals surface area contributed by atoms with E-state index in [1.807, 2.05) is 0 Å². The van der Waals surface area contributed by atoms with Crippen LogP contribution in [0.5, 0.6) is 0 Å². The van der Waals surface area contributed by atoms with Gasteiger partial charge in [-0.15, -0.1) is 11.8 Å². The molecular weight excluding hydrogens is 276 g/mol. The molecule has 2 rings (SSSR count). The molecule has 2 aromatic carbocycles. The van der Waals surface area contributed by atoms with Gasteiger partial charge in [-0.25, -0.2) is 8.78 Å². The Bertz CT molecular complexity index is 555. The average molecular weight is 286 g/mol. The predicted octanol–water partition coefficient (Wildman–Crippen LogP) is 4.49. The number of hydrogen-bond acceptors (Lipinski definition) is 2.